The van der Waals surface area contributed by atoms with Gasteiger partial charge in [0, 0.05) is 32.4 Å². The van der Waals surface area contributed by atoms with E-state index in [1.807, 2.05) is 13.8 Å². The van der Waals surface area contributed by atoms with Crippen LogP contribution in [0.15, 0.2) is 30.5 Å². The molecule has 24 heavy (non-hydrogen) atoms. The molecule has 1 fully saturated rings. The Bertz CT molecular complexity index is 609. The molecule has 6 nitrogen and oxygen atoms in total. The van der Waals surface area contributed by atoms with Gasteiger partial charge in [0.25, 0.3) is 5.91 Å². The predicted molar refractivity (Wildman–Crippen MR) is 93.0 cm³/mol. The highest BCUT2D eigenvalue weighted by Crippen LogP contribution is 2.22. The highest BCUT2D eigenvalue weighted by Gasteiger charge is 2.22. The molecule has 1 saturated heterocycles. The zero-order chi connectivity index (χ0) is 17.5. The van der Waals surface area contributed by atoms with Crippen LogP contribution in [0.5, 0.6) is 0 Å². The molecule has 0 saturated carbocycles. The molecule has 0 radical (unpaired) electrons. The van der Waals surface area contributed by atoms with E-state index in [1.165, 1.54) is 0 Å². The van der Waals surface area contributed by atoms with Gasteiger partial charge in [0.2, 0.25) is 0 Å². The van der Waals surface area contributed by atoms with Crippen LogP contribution in [0.1, 0.15) is 37.0 Å². The minimum atomic E-state index is -0.510. The second kappa shape index (κ2) is 8.47. The van der Waals surface area contributed by atoms with Gasteiger partial charge in [-0.1, -0.05) is 12.2 Å². The summed E-state index contributed by atoms with van der Waals surface area (Å²) in [5.74, 6) is -0.0908. The van der Waals surface area contributed by atoms with Crippen molar-refractivity contribution in [1.82, 2.24) is 9.88 Å². The van der Waals surface area contributed by atoms with Crippen LogP contribution in [-0.2, 0) is 9.53 Å². The molecule has 0 bridgehead atoms. The first kappa shape index (κ1) is 18.0. The number of amides is 1. The van der Waals surface area contributed by atoms with Crippen molar-refractivity contribution in [3.8, 4) is 0 Å². The number of hydrogen-bond donors (Lipinski definition) is 0. The van der Waals surface area contributed by atoms with Crippen molar-refractivity contribution in [1.29, 1.82) is 0 Å². The number of hydrogen-bond acceptors (Lipinski definition) is 5. The third-order valence-electron chi connectivity index (χ3n) is 3.93. The number of nitrogens with zero attached hydrogens (tertiary/aromatic N) is 3. The number of likely N-dealkylation sites (N-methyl/N-ethyl adjacent to an activating group) is 1. The van der Waals surface area contributed by atoms with Crippen LogP contribution in [0.2, 0.25) is 0 Å². The van der Waals surface area contributed by atoms with Crippen molar-refractivity contribution in [2.24, 2.45) is 0 Å². The van der Waals surface area contributed by atoms with Crippen molar-refractivity contribution < 1.29 is 14.3 Å². The van der Waals surface area contributed by atoms with Crippen LogP contribution in [0.3, 0.4) is 0 Å². The van der Waals surface area contributed by atoms with E-state index in [2.05, 4.69) is 16.5 Å². The third-order valence-corrected chi connectivity index (χ3v) is 3.93. The van der Waals surface area contributed by atoms with Crippen molar-refractivity contribution in [2.75, 3.05) is 37.7 Å². The molecule has 0 N–H and O–H groups in total. The van der Waals surface area contributed by atoms with E-state index in [4.69, 9.17) is 4.74 Å². The second-order valence-electron chi connectivity index (χ2n) is 6.01. The van der Waals surface area contributed by atoms with E-state index >= 15 is 0 Å². The molecule has 0 atom stereocenters. The van der Waals surface area contributed by atoms with E-state index < -0.39 is 5.97 Å². The Labute approximate surface area is 143 Å². The number of rotatable bonds is 7. The monoisotopic (exact) mass is 331 g/mol. The molecule has 6 heteroatoms. The minimum Gasteiger partial charge on any atom is -0.452 e. The maximum absolute atomic E-state index is 12.4. The highest BCUT2D eigenvalue weighted by atomic mass is 16.5. The number of carbonyl (C=O) groups excluding carboxylic acids is 2. The Kier molecular flexibility index (Phi) is 6.35. The van der Waals surface area contributed by atoms with Gasteiger partial charge >= 0.3 is 5.97 Å². The lowest BCUT2D eigenvalue weighted by molar-refractivity contribution is -0.133. The first-order valence-electron chi connectivity index (χ1n) is 8.32. The van der Waals surface area contributed by atoms with Gasteiger partial charge in [0.15, 0.2) is 6.61 Å². The topological polar surface area (TPSA) is 62.7 Å². The fraction of sp³-hybridized carbons (Fsp3) is 0.500. The average molecular weight is 331 g/mol. The number of anilines is 1. The lowest BCUT2D eigenvalue weighted by atomic mass is 10.2. The summed E-state index contributed by atoms with van der Waals surface area (Å²) in [7, 11) is 0. The average Bonchev–Trinajstić information content (AvgIpc) is 3.11. The molecular weight excluding hydrogens is 306 g/mol. The van der Waals surface area contributed by atoms with Gasteiger partial charge < -0.3 is 14.5 Å². The number of esters is 1. The molecule has 130 valence electrons. The van der Waals surface area contributed by atoms with Crippen molar-refractivity contribution >= 4 is 17.7 Å². The molecule has 2 heterocycles. The predicted octanol–water partition coefficient (Wildman–Crippen LogP) is 2.26. The van der Waals surface area contributed by atoms with E-state index in [1.54, 1.807) is 23.2 Å². The molecule has 0 spiro atoms. The van der Waals surface area contributed by atoms with Crippen LogP contribution in [0.4, 0.5) is 5.82 Å². The third kappa shape index (κ3) is 4.57. The summed E-state index contributed by atoms with van der Waals surface area (Å²) in [6.07, 6.45) is 3.85. The molecule has 0 unspecified atom stereocenters. The summed E-state index contributed by atoms with van der Waals surface area (Å²) in [5.41, 5.74) is 1.30. The Morgan fingerprint density at radius 2 is 2.08 bits per heavy atom. The Morgan fingerprint density at radius 3 is 2.71 bits per heavy atom. The fourth-order valence-corrected chi connectivity index (χ4v) is 2.74. The summed E-state index contributed by atoms with van der Waals surface area (Å²) in [4.78, 5) is 32.6. The van der Waals surface area contributed by atoms with E-state index in [-0.39, 0.29) is 12.5 Å². The van der Waals surface area contributed by atoms with Gasteiger partial charge in [-0.25, -0.2) is 9.78 Å². The van der Waals surface area contributed by atoms with Crippen molar-refractivity contribution in [3.63, 3.8) is 0 Å². The number of ether oxygens (including phenoxy) is 1. The SMILES string of the molecule is C=C(C)CN(CC)C(=O)COC(=O)c1cccnc1N1CCCC1. The summed E-state index contributed by atoms with van der Waals surface area (Å²) in [6.45, 7) is 10.1. The molecule has 2 rings (SSSR count). The standard InChI is InChI=1S/C18H25N3O3/c1-4-20(12-14(2)3)16(22)13-24-18(23)15-8-7-9-19-17(15)21-10-5-6-11-21/h7-9H,2,4-6,10-13H2,1,3H3. The zero-order valence-electron chi connectivity index (χ0n) is 14.5. The second-order valence-corrected chi connectivity index (χ2v) is 6.01. The maximum atomic E-state index is 12.4. The number of carbonyl (C=O) groups is 2. The van der Waals surface area contributed by atoms with Crippen LogP contribution < -0.4 is 4.90 Å². The molecule has 0 aliphatic carbocycles. The molecule has 1 amide bonds. The molecule has 1 aromatic heterocycles. The quantitative estimate of drug-likeness (QED) is 0.566. The fourth-order valence-electron chi connectivity index (χ4n) is 2.74. The van der Waals surface area contributed by atoms with E-state index in [0.29, 0.717) is 24.5 Å². The van der Waals surface area contributed by atoms with Gasteiger partial charge in [-0.05, 0) is 38.8 Å². The van der Waals surface area contributed by atoms with Gasteiger partial charge in [0.05, 0.1) is 0 Å². The van der Waals surface area contributed by atoms with Crippen LogP contribution in [0, 0.1) is 0 Å². The summed E-state index contributed by atoms with van der Waals surface area (Å²) >= 11 is 0. The lowest BCUT2D eigenvalue weighted by Gasteiger charge is -2.21. The zero-order valence-corrected chi connectivity index (χ0v) is 14.5. The van der Waals surface area contributed by atoms with Gasteiger partial charge in [0.1, 0.15) is 11.4 Å². The molecule has 1 aromatic rings. The minimum absolute atomic E-state index is 0.222. The maximum Gasteiger partial charge on any atom is 0.342 e. The Morgan fingerprint density at radius 1 is 1.38 bits per heavy atom. The van der Waals surface area contributed by atoms with Gasteiger partial charge in [-0.3, -0.25) is 4.79 Å². The van der Waals surface area contributed by atoms with E-state index in [9.17, 15) is 9.59 Å². The lowest BCUT2D eigenvalue weighted by Crippen LogP contribution is -2.35. The van der Waals surface area contributed by atoms with E-state index in [0.717, 1.165) is 31.5 Å². The van der Waals surface area contributed by atoms with Crippen LogP contribution in [0.25, 0.3) is 0 Å². The largest absolute Gasteiger partial charge is 0.452 e. The number of aromatic nitrogens is 1. The molecule has 0 aromatic carbocycles. The Balaban J connectivity index is 2.00. The summed E-state index contributed by atoms with van der Waals surface area (Å²) < 4.78 is 5.23. The highest BCUT2D eigenvalue weighted by molar-refractivity contribution is 5.96. The van der Waals surface area contributed by atoms with Gasteiger partial charge in [-0.15, -0.1) is 0 Å². The van der Waals surface area contributed by atoms with Crippen LogP contribution >= 0.6 is 0 Å². The molecule has 1 aliphatic heterocycles. The van der Waals surface area contributed by atoms with Crippen molar-refractivity contribution in [3.05, 3.63) is 36.0 Å². The van der Waals surface area contributed by atoms with Gasteiger partial charge in [-0.2, -0.15) is 0 Å². The normalized spacial score (nSPS) is 13.7. The smallest absolute Gasteiger partial charge is 0.342 e. The molecular formula is C18H25N3O3. The molecule has 1 aliphatic rings. The Hall–Kier alpha value is -2.37. The summed E-state index contributed by atoms with van der Waals surface area (Å²) in [5, 5.41) is 0. The number of pyridine rings is 1. The first-order valence-corrected chi connectivity index (χ1v) is 8.32. The first-order chi connectivity index (χ1) is 11.5. The summed E-state index contributed by atoms with van der Waals surface area (Å²) in [6, 6.07) is 3.40. The van der Waals surface area contributed by atoms with Crippen LogP contribution in [-0.4, -0.2) is 54.5 Å². The van der Waals surface area contributed by atoms with Crippen molar-refractivity contribution in [2.45, 2.75) is 26.7 Å².